The topological polar surface area (TPSA) is 57.5 Å². The van der Waals surface area contributed by atoms with Crippen LogP contribution in [0.1, 0.15) is 31.2 Å². The highest BCUT2D eigenvalue weighted by molar-refractivity contribution is 6.32. The number of benzene rings is 2. The van der Waals surface area contributed by atoms with Crippen molar-refractivity contribution in [1.29, 1.82) is 0 Å². The Morgan fingerprint density at radius 3 is 2.48 bits per heavy atom. The van der Waals surface area contributed by atoms with E-state index in [1.165, 1.54) is 0 Å². The molecule has 0 spiro atoms. The number of hydrogen-bond acceptors (Lipinski definition) is 4. The largest absolute Gasteiger partial charge is 0.497 e. The molecule has 29 heavy (non-hydrogen) atoms. The number of nitrogens with zero attached hydrogens (tertiary/aromatic N) is 1. The molecule has 0 amide bonds. The van der Waals surface area contributed by atoms with E-state index in [1.54, 1.807) is 23.9 Å². The third-order valence-electron chi connectivity index (χ3n) is 5.33. The minimum atomic E-state index is -0.102. The van der Waals surface area contributed by atoms with Crippen molar-refractivity contribution in [3.63, 3.8) is 0 Å². The first-order valence-corrected chi connectivity index (χ1v) is 10.1. The van der Waals surface area contributed by atoms with E-state index in [1.807, 2.05) is 36.4 Å². The van der Waals surface area contributed by atoms with Gasteiger partial charge in [0.1, 0.15) is 17.3 Å². The number of fused-ring (bicyclic) bond motifs is 1. The molecular formula is C23H22ClNO4. The molecule has 4 rings (SSSR count). The Morgan fingerprint density at radius 1 is 1.07 bits per heavy atom. The van der Waals surface area contributed by atoms with Crippen LogP contribution in [-0.2, 0) is 11.3 Å². The van der Waals surface area contributed by atoms with E-state index in [0.29, 0.717) is 48.4 Å². The van der Waals surface area contributed by atoms with Crippen LogP contribution in [0.4, 0.5) is 0 Å². The molecular weight excluding hydrogens is 390 g/mol. The molecule has 3 aromatic rings. The molecule has 0 saturated heterocycles. The van der Waals surface area contributed by atoms with Gasteiger partial charge in [-0.05, 0) is 54.1 Å². The Balaban J connectivity index is 1.59. The molecule has 2 aromatic carbocycles. The van der Waals surface area contributed by atoms with Gasteiger partial charge in [0.25, 0.3) is 5.56 Å². The number of carbonyl (C=O) groups is 1. The van der Waals surface area contributed by atoms with Gasteiger partial charge in [-0.15, -0.1) is 0 Å². The quantitative estimate of drug-likeness (QED) is 0.615. The van der Waals surface area contributed by atoms with E-state index < -0.39 is 0 Å². The molecule has 0 atom stereocenters. The maximum Gasteiger partial charge on any atom is 0.258 e. The second-order valence-electron chi connectivity index (χ2n) is 7.32. The summed E-state index contributed by atoms with van der Waals surface area (Å²) in [6, 6.07) is 13.0. The minimum absolute atomic E-state index is 0.0157. The summed E-state index contributed by atoms with van der Waals surface area (Å²) in [5.74, 6) is 1.62. The van der Waals surface area contributed by atoms with Gasteiger partial charge in [0.2, 0.25) is 0 Å². The third kappa shape index (κ3) is 4.30. The summed E-state index contributed by atoms with van der Waals surface area (Å²) in [5.41, 5.74) is 0.903. The summed E-state index contributed by atoms with van der Waals surface area (Å²) >= 11 is 6.42. The average molecular weight is 412 g/mol. The molecule has 1 aliphatic carbocycles. The Bertz CT molecular complexity index is 1090. The van der Waals surface area contributed by atoms with Crippen LogP contribution < -0.4 is 15.0 Å². The van der Waals surface area contributed by atoms with Crippen LogP contribution in [0.25, 0.3) is 10.8 Å². The summed E-state index contributed by atoms with van der Waals surface area (Å²) in [4.78, 5) is 24.4. The number of pyridine rings is 1. The maximum absolute atomic E-state index is 12.9. The molecule has 1 heterocycles. The Labute approximate surface area is 173 Å². The van der Waals surface area contributed by atoms with Crippen molar-refractivity contribution < 1.29 is 14.3 Å². The Kier molecular flexibility index (Phi) is 5.58. The lowest BCUT2D eigenvalue weighted by Gasteiger charge is -2.23. The first-order valence-electron chi connectivity index (χ1n) is 9.67. The fourth-order valence-corrected chi connectivity index (χ4v) is 3.85. The van der Waals surface area contributed by atoms with Crippen LogP contribution in [0.15, 0.2) is 53.5 Å². The minimum Gasteiger partial charge on any atom is -0.497 e. The average Bonchev–Trinajstić information content (AvgIpc) is 2.73. The van der Waals surface area contributed by atoms with Gasteiger partial charge in [0, 0.05) is 24.4 Å². The molecule has 1 saturated carbocycles. The molecule has 5 nitrogen and oxygen atoms in total. The van der Waals surface area contributed by atoms with Gasteiger partial charge >= 0.3 is 0 Å². The monoisotopic (exact) mass is 411 g/mol. The molecule has 1 fully saturated rings. The molecule has 0 radical (unpaired) electrons. The van der Waals surface area contributed by atoms with Crippen molar-refractivity contribution in [2.75, 3.05) is 7.11 Å². The number of halogens is 1. The molecule has 0 unspecified atom stereocenters. The standard InChI is InChI=1S/C23H22ClNO4/c1-28-18-6-2-15(3-7-18)14-25-11-10-16-12-22(21(24)13-20(16)23(25)27)29-19-8-4-17(26)5-9-19/h2-3,6-7,10-13,19H,4-5,8-9,14H2,1H3. The highest BCUT2D eigenvalue weighted by atomic mass is 35.5. The number of Topliss-reactive ketones (excluding diaryl/α,β-unsaturated/α-hetero) is 1. The van der Waals surface area contributed by atoms with Crippen LogP contribution in [-0.4, -0.2) is 23.6 Å². The zero-order chi connectivity index (χ0) is 20.4. The second kappa shape index (κ2) is 8.29. The van der Waals surface area contributed by atoms with Crippen LogP contribution in [0.3, 0.4) is 0 Å². The van der Waals surface area contributed by atoms with Crippen LogP contribution >= 0.6 is 11.6 Å². The van der Waals surface area contributed by atoms with Crippen LogP contribution in [0, 0.1) is 0 Å². The summed E-state index contributed by atoms with van der Waals surface area (Å²) in [7, 11) is 1.62. The van der Waals surface area contributed by atoms with Gasteiger partial charge in [-0.1, -0.05) is 23.7 Å². The van der Waals surface area contributed by atoms with Gasteiger partial charge in [0.05, 0.1) is 24.8 Å². The lowest BCUT2D eigenvalue weighted by molar-refractivity contribution is -0.121. The van der Waals surface area contributed by atoms with E-state index >= 15 is 0 Å². The number of ether oxygens (including phenoxy) is 2. The smallest absolute Gasteiger partial charge is 0.258 e. The molecule has 0 aliphatic heterocycles. The lowest BCUT2D eigenvalue weighted by Crippen LogP contribution is -2.24. The first kappa shape index (κ1) is 19.5. The molecule has 6 heteroatoms. The van der Waals surface area contributed by atoms with Gasteiger partial charge in [-0.3, -0.25) is 9.59 Å². The van der Waals surface area contributed by atoms with Crippen molar-refractivity contribution in [3.8, 4) is 11.5 Å². The second-order valence-corrected chi connectivity index (χ2v) is 7.73. The molecule has 1 aliphatic rings. The van der Waals surface area contributed by atoms with Crippen molar-refractivity contribution in [3.05, 3.63) is 69.6 Å². The number of ketones is 1. The number of methoxy groups -OCH3 is 1. The lowest BCUT2D eigenvalue weighted by atomic mass is 9.96. The van der Waals surface area contributed by atoms with Crippen LogP contribution in [0.2, 0.25) is 5.02 Å². The highest BCUT2D eigenvalue weighted by Gasteiger charge is 2.21. The van der Waals surface area contributed by atoms with Crippen molar-refractivity contribution in [1.82, 2.24) is 4.57 Å². The number of hydrogen-bond donors (Lipinski definition) is 0. The predicted octanol–water partition coefficient (Wildman–Crippen LogP) is 4.60. The van der Waals surface area contributed by atoms with Gasteiger partial charge < -0.3 is 14.0 Å². The number of rotatable bonds is 5. The van der Waals surface area contributed by atoms with E-state index in [0.717, 1.165) is 16.7 Å². The van der Waals surface area contributed by atoms with E-state index in [2.05, 4.69) is 0 Å². The fourth-order valence-electron chi connectivity index (χ4n) is 3.64. The van der Waals surface area contributed by atoms with Crippen molar-refractivity contribution in [2.24, 2.45) is 0 Å². The van der Waals surface area contributed by atoms with Crippen LogP contribution in [0.5, 0.6) is 11.5 Å². The molecule has 1 aromatic heterocycles. The summed E-state index contributed by atoms with van der Waals surface area (Å²) in [6.07, 6.45) is 4.27. The van der Waals surface area contributed by atoms with E-state index in [9.17, 15) is 9.59 Å². The summed E-state index contributed by atoms with van der Waals surface area (Å²) in [6.45, 7) is 0.463. The summed E-state index contributed by atoms with van der Waals surface area (Å²) in [5, 5.41) is 1.75. The zero-order valence-corrected chi connectivity index (χ0v) is 16.9. The van der Waals surface area contributed by atoms with Crippen molar-refractivity contribution >= 4 is 28.2 Å². The maximum atomic E-state index is 12.9. The zero-order valence-electron chi connectivity index (χ0n) is 16.2. The van der Waals surface area contributed by atoms with Gasteiger partial charge in [-0.2, -0.15) is 0 Å². The number of aromatic nitrogens is 1. The molecule has 0 bridgehead atoms. The summed E-state index contributed by atoms with van der Waals surface area (Å²) < 4.78 is 12.9. The predicted molar refractivity (Wildman–Crippen MR) is 113 cm³/mol. The van der Waals surface area contributed by atoms with E-state index in [-0.39, 0.29) is 17.4 Å². The highest BCUT2D eigenvalue weighted by Crippen LogP contribution is 2.31. The third-order valence-corrected chi connectivity index (χ3v) is 5.62. The SMILES string of the molecule is COc1ccc(Cn2ccc3cc(OC4CCC(=O)CC4)c(Cl)cc3c2=O)cc1. The van der Waals surface area contributed by atoms with Crippen molar-refractivity contribution in [2.45, 2.75) is 38.3 Å². The fraction of sp³-hybridized carbons (Fsp3) is 0.304. The molecule has 150 valence electrons. The molecule has 0 N–H and O–H groups in total. The van der Waals surface area contributed by atoms with Gasteiger partial charge in [-0.25, -0.2) is 0 Å². The Hall–Kier alpha value is -2.79. The number of carbonyl (C=O) groups excluding carboxylic acids is 1. The first-order chi connectivity index (χ1) is 14.0. The van der Waals surface area contributed by atoms with Gasteiger partial charge in [0.15, 0.2) is 0 Å². The Morgan fingerprint density at radius 2 is 1.79 bits per heavy atom. The van der Waals surface area contributed by atoms with E-state index in [4.69, 9.17) is 21.1 Å². The normalized spacial score (nSPS) is 14.9.